The maximum absolute atomic E-state index is 5.94. The van der Waals surface area contributed by atoms with Gasteiger partial charge in [0.25, 0.3) is 0 Å². The first kappa shape index (κ1) is 21.2. The lowest BCUT2D eigenvalue weighted by molar-refractivity contribution is -0.0816. The smallest absolute Gasteiger partial charge is 0.193 e. The van der Waals surface area contributed by atoms with Crippen LogP contribution in [0.4, 0.5) is 0 Å². The van der Waals surface area contributed by atoms with Gasteiger partial charge in [0.05, 0.1) is 12.7 Å². The summed E-state index contributed by atoms with van der Waals surface area (Å²) in [6, 6.07) is 0. The molecule has 0 radical (unpaired) electrons. The fraction of sp³-hybridized carbons (Fsp3) is 0.947. The molecule has 146 valence electrons. The molecule has 2 aliphatic heterocycles. The van der Waals surface area contributed by atoms with Crippen molar-refractivity contribution in [2.45, 2.75) is 70.0 Å². The van der Waals surface area contributed by atoms with Gasteiger partial charge in [-0.05, 0) is 25.2 Å². The Morgan fingerprint density at radius 1 is 1.04 bits per heavy atom. The molecule has 1 aliphatic carbocycles. The van der Waals surface area contributed by atoms with Crippen LogP contribution in [0.1, 0.15) is 57.8 Å². The van der Waals surface area contributed by atoms with Gasteiger partial charge >= 0.3 is 0 Å². The summed E-state index contributed by atoms with van der Waals surface area (Å²) in [5.74, 6) is 2.04. The lowest BCUT2D eigenvalue weighted by atomic mass is 10.0. The van der Waals surface area contributed by atoms with Crippen molar-refractivity contribution in [1.29, 1.82) is 0 Å². The first-order chi connectivity index (χ1) is 11.9. The van der Waals surface area contributed by atoms with E-state index in [0.29, 0.717) is 0 Å². The average molecular weight is 465 g/mol. The molecule has 6 heteroatoms. The van der Waals surface area contributed by atoms with Gasteiger partial charge in [-0.25, -0.2) is 0 Å². The number of unbranched alkanes of at least 4 members (excludes halogenated alkanes) is 1. The van der Waals surface area contributed by atoms with Gasteiger partial charge in [0, 0.05) is 33.3 Å². The van der Waals surface area contributed by atoms with Gasteiger partial charge in [-0.1, -0.05) is 38.5 Å². The maximum atomic E-state index is 5.94. The van der Waals surface area contributed by atoms with Crippen LogP contribution in [0.15, 0.2) is 4.99 Å². The number of halogens is 1. The van der Waals surface area contributed by atoms with Gasteiger partial charge in [0.15, 0.2) is 5.96 Å². The molecule has 25 heavy (non-hydrogen) atoms. The molecule has 1 saturated carbocycles. The molecule has 2 saturated heterocycles. The minimum Gasteiger partial charge on any atom is -0.375 e. The van der Waals surface area contributed by atoms with E-state index in [1.807, 2.05) is 7.05 Å². The fourth-order valence-electron chi connectivity index (χ4n) is 4.38. The van der Waals surface area contributed by atoms with E-state index in [0.717, 1.165) is 51.1 Å². The summed E-state index contributed by atoms with van der Waals surface area (Å²) in [5, 5.41) is 3.56. The first-order valence-electron chi connectivity index (χ1n) is 10.1. The Balaban J connectivity index is 0.00000225. The Bertz CT molecular complexity index is 396. The quantitative estimate of drug-likeness (QED) is 0.283. The number of hydrogen-bond donors (Lipinski definition) is 1. The number of morpholine rings is 1. The molecule has 0 amide bonds. The fourth-order valence-corrected chi connectivity index (χ4v) is 4.38. The van der Waals surface area contributed by atoms with Crippen LogP contribution in [0.25, 0.3) is 0 Å². The van der Waals surface area contributed by atoms with Gasteiger partial charge in [-0.2, -0.15) is 0 Å². The Hall–Kier alpha value is -0.0800. The Labute approximate surface area is 170 Å². The SMILES string of the molecule is CN=C(NCCCCC1CCCC1)N1CCOC(C2CCCO2)C1.I. The summed E-state index contributed by atoms with van der Waals surface area (Å²) in [5.41, 5.74) is 0. The van der Waals surface area contributed by atoms with E-state index in [1.54, 1.807) is 0 Å². The highest BCUT2D eigenvalue weighted by molar-refractivity contribution is 14.0. The second-order valence-corrected chi connectivity index (χ2v) is 7.53. The molecule has 2 atom stereocenters. The first-order valence-corrected chi connectivity index (χ1v) is 10.1. The largest absolute Gasteiger partial charge is 0.375 e. The van der Waals surface area contributed by atoms with Crippen molar-refractivity contribution in [3.8, 4) is 0 Å². The molecule has 5 nitrogen and oxygen atoms in total. The molecule has 3 fully saturated rings. The van der Waals surface area contributed by atoms with Crippen LogP contribution >= 0.6 is 24.0 Å². The summed E-state index contributed by atoms with van der Waals surface area (Å²) in [4.78, 5) is 6.82. The van der Waals surface area contributed by atoms with Crippen LogP contribution in [0.2, 0.25) is 0 Å². The van der Waals surface area contributed by atoms with Crippen molar-refractivity contribution in [2.24, 2.45) is 10.9 Å². The minimum atomic E-state index is 0. The second-order valence-electron chi connectivity index (χ2n) is 7.53. The molecule has 2 heterocycles. The third-order valence-electron chi connectivity index (χ3n) is 5.78. The van der Waals surface area contributed by atoms with Crippen LogP contribution < -0.4 is 5.32 Å². The number of nitrogens with one attached hydrogen (secondary N) is 1. The summed E-state index contributed by atoms with van der Waals surface area (Å²) in [6.07, 6.45) is 12.6. The molecule has 0 aromatic rings. The minimum absolute atomic E-state index is 0. The number of nitrogens with zero attached hydrogens (tertiary/aromatic N) is 2. The monoisotopic (exact) mass is 465 g/mol. The third kappa shape index (κ3) is 6.54. The molecular weight excluding hydrogens is 429 g/mol. The van der Waals surface area contributed by atoms with E-state index < -0.39 is 0 Å². The molecule has 0 bridgehead atoms. The van der Waals surface area contributed by atoms with Crippen LogP contribution in [0, 0.1) is 5.92 Å². The Kier molecular flexibility index (Phi) is 9.84. The highest BCUT2D eigenvalue weighted by Gasteiger charge is 2.32. The van der Waals surface area contributed by atoms with Gasteiger partial charge in [0.1, 0.15) is 6.10 Å². The molecule has 3 aliphatic rings. The van der Waals surface area contributed by atoms with Crippen molar-refractivity contribution >= 4 is 29.9 Å². The maximum Gasteiger partial charge on any atom is 0.193 e. The van der Waals surface area contributed by atoms with Gasteiger partial charge < -0.3 is 19.7 Å². The zero-order chi connectivity index (χ0) is 16.6. The van der Waals surface area contributed by atoms with Crippen LogP contribution in [0.3, 0.4) is 0 Å². The zero-order valence-electron chi connectivity index (χ0n) is 15.8. The summed E-state index contributed by atoms with van der Waals surface area (Å²) < 4.78 is 11.7. The molecule has 0 spiro atoms. The van der Waals surface area contributed by atoms with E-state index in [2.05, 4.69) is 15.2 Å². The molecule has 3 rings (SSSR count). The standard InChI is InChI=1S/C19H35N3O2.HI/c1-20-19(21-11-5-4-9-16-7-2-3-8-16)22-12-14-24-18(15-22)17-10-6-13-23-17;/h16-18H,2-15H2,1H3,(H,20,21);1H. The molecular formula is C19H36IN3O2. The second kappa shape index (κ2) is 11.6. The number of guanidine groups is 1. The van der Waals surface area contributed by atoms with E-state index in [-0.39, 0.29) is 36.2 Å². The van der Waals surface area contributed by atoms with E-state index in [1.165, 1.54) is 51.4 Å². The molecule has 0 aromatic carbocycles. The van der Waals surface area contributed by atoms with Crippen molar-refractivity contribution in [2.75, 3.05) is 39.9 Å². The normalized spacial score (nSPS) is 28.2. The number of rotatable bonds is 6. The lowest BCUT2D eigenvalue weighted by Crippen LogP contribution is -2.53. The summed E-state index contributed by atoms with van der Waals surface area (Å²) in [7, 11) is 1.89. The van der Waals surface area contributed by atoms with Gasteiger partial charge in [-0.15, -0.1) is 24.0 Å². The van der Waals surface area contributed by atoms with Crippen molar-refractivity contribution in [3.63, 3.8) is 0 Å². The predicted molar refractivity (Wildman–Crippen MR) is 113 cm³/mol. The van der Waals surface area contributed by atoms with E-state index in [4.69, 9.17) is 9.47 Å². The van der Waals surface area contributed by atoms with Crippen molar-refractivity contribution < 1.29 is 9.47 Å². The summed E-state index contributed by atoms with van der Waals surface area (Å²) in [6.45, 7) is 4.50. The topological polar surface area (TPSA) is 46.1 Å². The van der Waals surface area contributed by atoms with Crippen molar-refractivity contribution in [3.05, 3.63) is 0 Å². The highest BCUT2D eigenvalue weighted by Crippen LogP contribution is 2.28. The zero-order valence-corrected chi connectivity index (χ0v) is 18.1. The Morgan fingerprint density at radius 2 is 1.84 bits per heavy atom. The van der Waals surface area contributed by atoms with Crippen molar-refractivity contribution in [1.82, 2.24) is 10.2 Å². The third-order valence-corrected chi connectivity index (χ3v) is 5.78. The average Bonchev–Trinajstić information content (AvgIpc) is 3.32. The van der Waals surface area contributed by atoms with E-state index in [9.17, 15) is 0 Å². The molecule has 2 unspecified atom stereocenters. The van der Waals surface area contributed by atoms with Crippen LogP contribution in [-0.2, 0) is 9.47 Å². The lowest BCUT2D eigenvalue weighted by Gasteiger charge is -2.37. The highest BCUT2D eigenvalue weighted by atomic mass is 127. The molecule has 1 N–H and O–H groups in total. The number of aliphatic imine (C=N–C) groups is 1. The van der Waals surface area contributed by atoms with Gasteiger partial charge in [-0.3, -0.25) is 4.99 Å². The predicted octanol–water partition coefficient (Wildman–Crippen LogP) is 3.42. The van der Waals surface area contributed by atoms with Crippen LogP contribution in [0.5, 0.6) is 0 Å². The summed E-state index contributed by atoms with van der Waals surface area (Å²) >= 11 is 0. The molecule has 0 aromatic heterocycles. The number of ether oxygens (including phenoxy) is 2. The van der Waals surface area contributed by atoms with E-state index >= 15 is 0 Å². The van der Waals surface area contributed by atoms with Crippen LogP contribution in [-0.4, -0.2) is 63.0 Å². The number of hydrogen-bond acceptors (Lipinski definition) is 3. The Morgan fingerprint density at radius 3 is 2.56 bits per heavy atom. The van der Waals surface area contributed by atoms with Gasteiger partial charge in [0.2, 0.25) is 0 Å².